The van der Waals surface area contributed by atoms with Crippen molar-refractivity contribution >= 4 is 99.4 Å². The van der Waals surface area contributed by atoms with Gasteiger partial charge in [0.2, 0.25) is 5.91 Å². The third-order valence-electron chi connectivity index (χ3n) is 9.87. The average Bonchev–Trinajstić information content (AvgIpc) is 3.66. The second kappa shape index (κ2) is 19.5. The monoisotopic (exact) mass is 938 g/mol. The summed E-state index contributed by atoms with van der Waals surface area (Å²) in [5.74, 6) is 1.29. The Balaban J connectivity index is 0.000000184. The third-order valence-corrected chi connectivity index (χ3v) is 13.5. The van der Waals surface area contributed by atoms with Gasteiger partial charge in [-0.3, -0.25) is 38.6 Å². The number of benzene rings is 2. The molecule has 0 aliphatic carbocycles. The summed E-state index contributed by atoms with van der Waals surface area (Å²) in [6.45, 7) is 0.604. The summed E-state index contributed by atoms with van der Waals surface area (Å²) in [6.07, 6.45) is 3.43. The zero-order valence-electron chi connectivity index (χ0n) is 33.2. The summed E-state index contributed by atoms with van der Waals surface area (Å²) in [5.41, 5.74) is 6.30. The maximum Gasteiger partial charge on any atom is 0.325 e. The van der Waals surface area contributed by atoms with Crippen LogP contribution in [-0.4, -0.2) is 92.7 Å². The molecule has 0 N–H and O–H groups in total. The van der Waals surface area contributed by atoms with Gasteiger partial charge >= 0.3 is 11.9 Å². The van der Waals surface area contributed by atoms with Crippen LogP contribution >= 0.6 is 69.9 Å². The molecule has 2 aliphatic rings. The molecule has 1 amide bonds. The molecule has 0 saturated heterocycles. The summed E-state index contributed by atoms with van der Waals surface area (Å²) in [6, 6.07) is 22.1. The average molecular weight is 941 g/mol. The van der Waals surface area contributed by atoms with E-state index in [-0.39, 0.29) is 41.2 Å². The van der Waals surface area contributed by atoms with E-state index >= 15 is 0 Å². The highest BCUT2D eigenvalue weighted by Crippen LogP contribution is 2.50. The molecule has 2 aromatic carbocycles. The number of rotatable bonds is 8. The first kappa shape index (κ1) is 44.3. The van der Waals surface area contributed by atoms with Crippen LogP contribution in [0.2, 0.25) is 20.1 Å². The number of aryl methyl sites for hydroxylation is 2. The zero-order valence-corrected chi connectivity index (χ0v) is 37.9. The Bertz CT molecular complexity index is 2580. The first-order valence-electron chi connectivity index (χ1n) is 18.7. The number of aromatic nitrogens is 6. The standard InChI is InChI=1S/C21H18Cl2N4O3S.C21H20Cl2N4O2S/c1-26-21-18(19(25-26)15-5-3-4-8-24-15)20(13-7-6-12(22)9-14(13)23)31-11-16(28)27(21)10-17(29)30-2;1-26-21-18(19(25-26)16-5-3-4-8-24-16)20(14-7-6-13(22)11-15(14)23)30-10-9-27(21)12-17(28)29-2/h3-9,20H,10-11H2,1-2H3;3-8,11,20H,9-10,12H2,1-2H3. The molecule has 0 bridgehead atoms. The van der Waals surface area contributed by atoms with Gasteiger partial charge in [0.25, 0.3) is 0 Å². The molecule has 13 nitrogen and oxygen atoms in total. The fourth-order valence-corrected chi connectivity index (χ4v) is 10.9. The normalized spacial score (nSPS) is 16.1. The summed E-state index contributed by atoms with van der Waals surface area (Å²) in [7, 11) is 6.30. The van der Waals surface area contributed by atoms with Crippen LogP contribution in [0.1, 0.15) is 32.8 Å². The fourth-order valence-electron chi connectivity index (χ4n) is 7.18. The van der Waals surface area contributed by atoms with E-state index in [9.17, 15) is 14.4 Å². The van der Waals surface area contributed by atoms with E-state index in [0.29, 0.717) is 43.8 Å². The lowest BCUT2D eigenvalue weighted by Crippen LogP contribution is -2.38. The van der Waals surface area contributed by atoms with Gasteiger partial charge in [-0.25, -0.2) is 0 Å². The number of anilines is 2. The van der Waals surface area contributed by atoms with Crippen LogP contribution in [0.15, 0.2) is 85.2 Å². The summed E-state index contributed by atoms with van der Waals surface area (Å²) in [5, 5.41) is 11.2. The Hall–Kier alpha value is -4.77. The van der Waals surface area contributed by atoms with Crippen molar-refractivity contribution in [3.8, 4) is 22.8 Å². The van der Waals surface area contributed by atoms with Gasteiger partial charge in [0.05, 0.1) is 41.9 Å². The van der Waals surface area contributed by atoms with Crippen LogP contribution in [0, 0.1) is 0 Å². The lowest BCUT2D eigenvalue weighted by Gasteiger charge is -2.23. The number of hydrogen-bond acceptors (Lipinski definition) is 12. The van der Waals surface area contributed by atoms with Crippen LogP contribution in [0.25, 0.3) is 22.8 Å². The second-order valence-electron chi connectivity index (χ2n) is 13.7. The first-order valence-corrected chi connectivity index (χ1v) is 22.3. The van der Waals surface area contributed by atoms with Crippen molar-refractivity contribution in [2.75, 3.05) is 55.2 Å². The SMILES string of the molecule is COC(=O)CN1C(=O)CSC(c2ccc(Cl)cc2Cl)c2c(-c3ccccn3)nn(C)c21.COC(=O)CN1CCSC(c2ccc(Cl)cc2Cl)c2c(-c3ccccn3)nn(C)c21. The van der Waals surface area contributed by atoms with Crippen LogP contribution in [0.5, 0.6) is 0 Å². The van der Waals surface area contributed by atoms with E-state index in [4.69, 9.17) is 61.0 Å². The molecule has 316 valence electrons. The molecule has 61 heavy (non-hydrogen) atoms. The molecule has 0 spiro atoms. The van der Waals surface area contributed by atoms with Gasteiger partial charge in [-0.05, 0) is 59.7 Å². The number of carbonyl (C=O) groups is 3. The van der Waals surface area contributed by atoms with Crippen molar-refractivity contribution < 1.29 is 23.9 Å². The summed E-state index contributed by atoms with van der Waals surface area (Å²) < 4.78 is 13.1. The highest BCUT2D eigenvalue weighted by Gasteiger charge is 2.38. The van der Waals surface area contributed by atoms with Crippen LogP contribution in [-0.2, 0) is 38.0 Å². The number of amides is 1. The van der Waals surface area contributed by atoms with E-state index in [1.807, 2.05) is 71.2 Å². The molecular weight excluding hydrogens is 902 g/mol. The Labute approximate surface area is 380 Å². The Morgan fingerprint density at radius 3 is 1.72 bits per heavy atom. The molecule has 2 unspecified atom stereocenters. The van der Waals surface area contributed by atoms with Gasteiger partial charge in [-0.1, -0.05) is 70.7 Å². The van der Waals surface area contributed by atoms with Gasteiger partial charge in [0, 0.05) is 70.0 Å². The zero-order chi connectivity index (χ0) is 43.4. The van der Waals surface area contributed by atoms with E-state index in [0.717, 1.165) is 45.2 Å². The minimum atomic E-state index is -0.520. The minimum Gasteiger partial charge on any atom is -0.468 e. The molecule has 0 fully saturated rings. The summed E-state index contributed by atoms with van der Waals surface area (Å²) in [4.78, 5) is 49.6. The molecule has 2 aliphatic heterocycles. The quantitative estimate of drug-likeness (QED) is 0.135. The topological polar surface area (TPSA) is 138 Å². The molecule has 2 atom stereocenters. The van der Waals surface area contributed by atoms with E-state index in [1.165, 1.54) is 30.9 Å². The number of hydrogen-bond donors (Lipinski definition) is 0. The number of ether oxygens (including phenoxy) is 2. The minimum absolute atomic E-state index is 0.0851. The number of carbonyl (C=O) groups excluding carboxylic acids is 3. The van der Waals surface area contributed by atoms with Crippen molar-refractivity contribution in [3.63, 3.8) is 0 Å². The van der Waals surface area contributed by atoms with Gasteiger partial charge < -0.3 is 14.4 Å². The predicted octanol–water partition coefficient (Wildman–Crippen LogP) is 8.74. The molecule has 19 heteroatoms. The van der Waals surface area contributed by atoms with E-state index < -0.39 is 5.97 Å². The van der Waals surface area contributed by atoms with Gasteiger partial charge in [0.1, 0.15) is 36.1 Å². The molecule has 0 radical (unpaired) electrons. The largest absolute Gasteiger partial charge is 0.468 e. The maximum absolute atomic E-state index is 13.0. The van der Waals surface area contributed by atoms with Crippen molar-refractivity contribution in [2.24, 2.45) is 14.1 Å². The number of halogens is 4. The third kappa shape index (κ3) is 9.52. The number of esters is 2. The molecule has 6 heterocycles. The second-order valence-corrected chi connectivity index (χ2v) is 17.7. The van der Waals surface area contributed by atoms with Crippen molar-refractivity contribution in [1.29, 1.82) is 0 Å². The smallest absolute Gasteiger partial charge is 0.325 e. The van der Waals surface area contributed by atoms with Gasteiger partial charge in [0.15, 0.2) is 0 Å². The predicted molar refractivity (Wildman–Crippen MR) is 243 cm³/mol. The number of thioether (sulfide) groups is 2. The van der Waals surface area contributed by atoms with Crippen LogP contribution < -0.4 is 9.80 Å². The van der Waals surface area contributed by atoms with E-state index in [1.54, 1.807) is 54.1 Å². The lowest BCUT2D eigenvalue weighted by molar-refractivity contribution is -0.140. The molecular formula is C42H38Cl4N8O5S2. The molecule has 8 rings (SSSR count). The van der Waals surface area contributed by atoms with E-state index in [2.05, 4.69) is 15.1 Å². The molecule has 0 saturated carbocycles. The van der Waals surface area contributed by atoms with Gasteiger partial charge in [-0.2, -0.15) is 10.2 Å². The highest BCUT2D eigenvalue weighted by atomic mass is 35.5. The Kier molecular flexibility index (Phi) is 14.2. The maximum atomic E-state index is 13.0. The Morgan fingerprint density at radius 1 is 0.705 bits per heavy atom. The summed E-state index contributed by atoms with van der Waals surface area (Å²) >= 11 is 28.6. The number of fused-ring (bicyclic) bond motifs is 2. The van der Waals surface area contributed by atoms with Gasteiger partial charge in [-0.15, -0.1) is 23.5 Å². The first-order chi connectivity index (χ1) is 29.4. The fraction of sp³-hybridized carbons (Fsp3) is 0.262. The lowest BCUT2D eigenvalue weighted by atomic mass is 10.0. The van der Waals surface area contributed by atoms with Crippen molar-refractivity contribution in [1.82, 2.24) is 29.5 Å². The van der Waals surface area contributed by atoms with Crippen molar-refractivity contribution in [2.45, 2.75) is 10.5 Å². The van der Waals surface area contributed by atoms with Crippen molar-refractivity contribution in [3.05, 3.63) is 128 Å². The molecule has 6 aromatic rings. The number of methoxy groups -OCH3 is 2. The molecule has 4 aromatic heterocycles. The van der Waals surface area contributed by atoms with Crippen LogP contribution in [0.4, 0.5) is 11.6 Å². The highest BCUT2D eigenvalue weighted by molar-refractivity contribution is 8.00. The Morgan fingerprint density at radius 2 is 1.21 bits per heavy atom. The number of pyridine rings is 2. The van der Waals surface area contributed by atoms with Crippen LogP contribution in [0.3, 0.4) is 0 Å². The number of nitrogens with zero attached hydrogens (tertiary/aromatic N) is 8.